The molecule has 0 spiro atoms. The average Bonchev–Trinajstić information content (AvgIpc) is 3.12. The van der Waals surface area contributed by atoms with E-state index in [-0.39, 0.29) is 11.5 Å². The molecule has 0 atom stereocenters. The monoisotopic (exact) mass is 358 g/mol. The first-order valence-corrected chi connectivity index (χ1v) is 8.12. The van der Waals surface area contributed by atoms with Gasteiger partial charge in [0.1, 0.15) is 5.75 Å². The van der Waals surface area contributed by atoms with Gasteiger partial charge >= 0.3 is 0 Å². The van der Waals surface area contributed by atoms with E-state index in [1.54, 1.807) is 42.6 Å². The number of phenolic OH excluding ortho intramolecular Hbond substituents is 1. The summed E-state index contributed by atoms with van der Waals surface area (Å²) in [5, 5.41) is 18.0. The van der Waals surface area contributed by atoms with Gasteiger partial charge in [-0.3, -0.25) is 9.59 Å². The van der Waals surface area contributed by atoms with E-state index in [9.17, 15) is 14.7 Å². The van der Waals surface area contributed by atoms with E-state index in [2.05, 4.69) is 15.2 Å². The van der Waals surface area contributed by atoms with Gasteiger partial charge in [0.15, 0.2) is 11.4 Å². The number of H-pyrrole nitrogens is 1. The first-order chi connectivity index (χ1) is 13.1. The number of aromatic hydroxyl groups is 1. The van der Waals surface area contributed by atoms with Crippen molar-refractivity contribution in [2.75, 3.05) is 0 Å². The fourth-order valence-electron chi connectivity index (χ4n) is 3.06. The zero-order valence-corrected chi connectivity index (χ0v) is 14.0. The Balaban J connectivity index is 1.95. The van der Waals surface area contributed by atoms with Gasteiger partial charge in [0.2, 0.25) is 5.91 Å². The summed E-state index contributed by atoms with van der Waals surface area (Å²) in [5.74, 6) is -0.739. The van der Waals surface area contributed by atoms with Crippen LogP contribution in [0.1, 0.15) is 26.3 Å². The van der Waals surface area contributed by atoms with E-state index in [1.807, 2.05) is 0 Å². The van der Waals surface area contributed by atoms with Gasteiger partial charge in [-0.05, 0) is 35.9 Å². The molecule has 0 aliphatic rings. The number of hydrogen-bond donors (Lipinski definition) is 3. The lowest BCUT2D eigenvalue weighted by atomic mass is 9.95. The molecule has 4 aromatic rings. The molecule has 2 heterocycles. The van der Waals surface area contributed by atoms with Crippen LogP contribution < -0.4 is 5.73 Å². The summed E-state index contributed by atoms with van der Waals surface area (Å²) in [4.78, 5) is 27.8. The van der Waals surface area contributed by atoms with Crippen molar-refractivity contribution in [2.24, 2.45) is 5.73 Å². The van der Waals surface area contributed by atoms with Crippen LogP contribution in [-0.4, -0.2) is 32.0 Å². The Morgan fingerprint density at radius 1 is 0.963 bits per heavy atom. The maximum absolute atomic E-state index is 13.0. The van der Waals surface area contributed by atoms with E-state index in [1.165, 1.54) is 18.3 Å². The van der Waals surface area contributed by atoms with Crippen LogP contribution in [0.5, 0.6) is 5.75 Å². The van der Waals surface area contributed by atoms with Crippen LogP contribution in [0.3, 0.4) is 0 Å². The number of primary amides is 1. The van der Waals surface area contributed by atoms with Gasteiger partial charge in [-0.25, -0.2) is 0 Å². The Morgan fingerprint density at radius 3 is 2.44 bits per heavy atom. The summed E-state index contributed by atoms with van der Waals surface area (Å²) in [6.07, 6.45) is 3.07. The van der Waals surface area contributed by atoms with E-state index in [4.69, 9.17) is 5.73 Å². The Morgan fingerprint density at radius 2 is 1.70 bits per heavy atom. The molecule has 0 fully saturated rings. The van der Waals surface area contributed by atoms with Crippen LogP contribution in [0.4, 0.5) is 0 Å². The van der Waals surface area contributed by atoms with Crippen molar-refractivity contribution in [3.8, 4) is 16.9 Å². The first-order valence-electron chi connectivity index (χ1n) is 8.12. The van der Waals surface area contributed by atoms with E-state index in [0.717, 1.165) is 0 Å². The Hall–Kier alpha value is -4.00. The molecular formula is C20H14N4O3. The van der Waals surface area contributed by atoms with Crippen molar-refractivity contribution < 1.29 is 14.7 Å². The van der Waals surface area contributed by atoms with Gasteiger partial charge in [0.25, 0.3) is 0 Å². The smallest absolute Gasteiger partial charge is 0.249 e. The zero-order chi connectivity index (χ0) is 19.0. The number of nitrogens with zero attached hydrogens (tertiary/aromatic N) is 2. The molecule has 0 radical (unpaired) electrons. The SMILES string of the molecule is NC(=O)c1ccccc1-c1cnnc2[nH]cc(C(=O)c3ccc(O)cc3)c12. The summed E-state index contributed by atoms with van der Waals surface area (Å²) in [7, 11) is 0. The molecule has 0 saturated carbocycles. The summed E-state index contributed by atoms with van der Waals surface area (Å²) < 4.78 is 0. The predicted octanol–water partition coefficient (Wildman–Crippen LogP) is 2.66. The lowest BCUT2D eigenvalue weighted by Crippen LogP contribution is -2.12. The second-order valence-electron chi connectivity index (χ2n) is 5.97. The lowest BCUT2D eigenvalue weighted by molar-refractivity contribution is 0.0999. The van der Waals surface area contributed by atoms with Gasteiger partial charge in [0.05, 0.1) is 11.8 Å². The highest BCUT2D eigenvalue weighted by molar-refractivity contribution is 6.19. The van der Waals surface area contributed by atoms with Gasteiger partial charge in [0, 0.05) is 28.3 Å². The van der Waals surface area contributed by atoms with Gasteiger partial charge in [-0.2, -0.15) is 5.10 Å². The number of aromatic nitrogens is 3. The third-order valence-electron chi connectivity index (χ3n) is 4.33. The maximum Gasteiger partial charge on any atom is 0.249 e. The molecule has 2 aromatic carbocycles. The average molecular weight is 358 g/mol. The highest BCUT2D eigenvalue weighted by atomic mass is 16.3. The summed E-state index contributed by atoms with van der Waals surface area (Å²) in [6, 6.07) is 12.9. The van der Waals surface area contributed by atoms with Crippen molar-refractivity contribution in [3.63, 3.8) is 0 Å². The number of rotatable bonds is 4. The van der Waals surface area contributed by atoms with Crippen molar-refractivity contribution in [1.82, 2.24) is 15.2 Å². The Kier molecular flexibility index (Phi) is 3.89. The number of nitrogens with two attached hydrogens (primary N) is 1. The van der Waals surface area contributed by atoms with Crippen LogP contribution in [0.25, 0.3) is 22.2 Å². The standard InChI is InChI=1S/C20H14N4O3/c21-19(27)14-4-2-1-3-13(14)15-10-23-24-20-17(15)16(9-22-20)18(26)11-5-7-12(25)8-6-11/h1-10,25H,(H2,21,27)(H,22,24). The van der Waals surface area contributed by atoms with Gasteiger partial charge in [-0.15, -0.1) is 5.10 Å². The maximum atomic E-state index is 13.0. The number of carbonyl (C=O) groups excluding carboxylic acids is 2. The largest absolute Gasteiger partial charge is 0.508 e. The topological polar surface area (TPSA) is 122 Å². The minimum absolute atomic E-state index is 0.0763. The summed E-state index contributed by atoms with van der Waals surface area (Å²) in [6.45, 7) is 0. The Labute approximate surface area is 153 Å². The molecule has 0 aliphatic heterocycles. The van der Waals surface area contributed by atoms with E-state index in [0.29, 0.717) is 38.9 Å². The molecule has 0 saturated heterocycles. The van der Waals surface area contributed by atoms with Crippen LogP contribution >= 0.6 is 0 Å². The number of ketones is 1. The molecule has 132 valence electrons. The van der Waals surface area contributed by atoms with Gasteiger partial charge in [-0.1, -0.05) is 18.2 Å². The fraction of sp³-hybridized carbons (Fsp3) is 0. The lowest BCUT2D eigenvalue weighted by Gasteiger charge is -2.09. The van der Waals surface area contributed by atoms with E-state index >= 15 is 0 Å². The number of nitrogens with one attached hydrogen (secondary N) is 1. The van der Waals surface area contributed by atoms with Crippen LogP contribution in [0.15, 0.2) is 60.9 Å². The quantitative estimate of drug-likeness (QED) is 0.484. The molecule has 4 N–H and O–H groups in total. The minimum atomic E-state index is -0.572. The fourth-order valence-corrected chi connectivity index (χ4v) is 3.06. The number of hydrogen-bond acceptors (Lipinski definition) is 5. The van der Waals surface area contributed by atoms with Crippen molar-refractivity contribution in [3.05, 3.63) is 77.6 Å². The second kappa shape index (κ2) is 6.38. The number of carbonyl (C=O) groups is 2. The van der Waals surface area contributed by atoms with Crippen molar-refractivity contribution in [2.45, 2.75) is 0 Å². The van der Waals surface area contributed by atoms with E-state index < -0.39 is 5.91 Å². The van der Waals surface area contributed by atoms with Crippen molar-refractivity contribution >= 4 is 22.7 Å². The van der Waals surface area contributed by atoms with Crippen LogP contribution in [0, 0.1) is 0 Å². The van der Waals surface area contributed by atoms with Crippen LogP contribution in [-0.2, 0) is 0 Å². The summed E-state index contributed by atoms with van der Waals surface area (Å²) in [5.41, 5.74) is 8.22. The third-order valence-corrected chi connectivity index (χ3v) is 4.33. The number of aromatic amines is 1. The Bertz CT molecular complexity index is 1180. The molecule has 4 rings (SSSR count). The van der Waals surface area contributed by atoms with Gasteiger partial charge < -0.3 is 15.8 Å². The molecule has 7 heteroatoms. The molecule has 2 aromatic heterocycles. The normalized spacial score (nSPS) is 10.8. The number of fused-ring (bicyclic) bond motifs is 1. The third kappa shape index (κ3) is 2.81. The highest BCUT2D eigenvalue weighted by Gasteiger charge is 2.21. The minimum Gasteiger partial charge on any atom is -0.508 e. The second-order valence-corrected chi connectivity index (χ2v) is 5.97. The molecule has 0 aliphatic carbocycles. The molecule has 27 heavy (non-hydrogen) atoms. The molecule has 0 unspecified atom stereocenters. The van der Waals surface area contributed by atoms with Crippen LogP contribution in [0.2, 0.25) is 0 Å². The zero-order valence-electron chi connectivity index (χ0n) is 14.0. The number of benzene rings is 2. The van der Waals surface area contributed by atoms with Crippen molar-refractivity contribution in [1.29, 1.82) is 0 Å². The highest BCUT2D eigenvalue weighted by Crippen LogP contribution is 2.32. The summed E-state index contributed by atoms with van der Waals surface area (Å²) >= 11 is 0. The molecule has 0 bridgehead atoms. The predicted molar refractivity (Wildman–Crippen MR) is 99.4 cm³/mol. The molecular weight excluding hydrogens is 344 g/mol. The molecule has 7 nitrogen and oxygen atoms in total. The molecule has 1 amide bonds. The number of amides is 1. The number of phenols is 1. The first kappa shape index (κ1) is 16.5.